The molecule has 12 nitrogen and oxygen atoms in total. The highest BCUT2D eigenvalue weighted by Crippen LogP contribution is 2.46. The number of phenolic OH excluding ortho intramolecular Hbond substituents is 1. The minimum atomic E-state index is -1.64. The molecule has 0 aliphatic carbocycles. The average molecular weight is 510 g/mol. The largest absolute Gasteiger partial charge is 0.508 e. The Labute approximate surface area is 206 Å². The molecule has 2 aromatic carbocycles. The Balaban J connectivity index is 1.66. The second-order valence-corrected chi connectivity index (χ2v) is 8.50. The first-order valence-corrected chi connectivity index (χ1v) is 11.2. The van der Waals surface area contributed by atoms with Crippen molar-refractivity contribution in [3.63, 3.8) is 0 Å². The van der Waals surface area contributed by atoms with Crippen molar-refractivity contribution < 1.29 is 59.1 Å². The maximum absolute atomic E-state index is 10.9. The van der Waals surface area contributed by atoms with Crippen molar-refractivity contribution >= 4 is 0 Å². The van der Waals surface area contributed by atoms with Gasteiger partial charge in [0.05, 0.1) is 34.0 Å². The van der Waals surface area contributed by atoms with Crippen molar-refractivity contribution in [2.45, 2.75) is 49.3 Å². The Kier molecular flexibility index (Phi) is 7.64. The number of hydrogen-bond acceptors (Lipinski definition) is 12. The number of aliphatic hydroxyl groups is 5. The van der Waals surface area contributed by atoms with Gasteiger partial charge in [0.1, 0.15) is 41.7 Å². The zero-order valence-electron chi connectivity index (χ0n) is 19.9. The van der Waals surface area contributed by atoms with Gasteiger partial charge in [0.25, 0.3) is 0 Å². The highest BCUT2D eigenvalue weighted by molar-refractivity contribution is 5.56. The Bertz CT molecular complexity index is 1050. The lowest BCUT2D eigenvalue weighted by Gasteiger charge is -2.39. The van der Waals surface area contributed by atoms with E-state index in [2.05, 4.69) is 0 Å². The third-order valence-corrected chi connectivity index (χ3v) is 6.28. The summed E-state index contributed by atoms with van der Waals surface area (Å²) in [5, 5.41) is 60.8. The van der Waals surface area contributed by atoms with E-state index >= 15 is 0 Å². The van der Waals surface area contributed by atoms with Crippen LogP contribution in [0.1, 0.15) is 17.2 Å². The van der Waals surface area contributed by atoms with Crippen LogP contribution in [-0.2, 0) is 11.2 Å². The molecule has 4 rings (SSSR count). The van der Waals surface area contributed by atoms with Gasteiger partial charge in [0, 0.05) is 29.7 Å². The summed E-state index contributed by atoms with van der Waals surface area (Å²) in [6, 6.07) is 5.95. The Morgan fingerprint density at radius 2 is 1.50 bits per heavy atom. The number of rotatable bonds is 7. The summed E-state index contributed by atoms with van der Waals surface area (Å²) in [5.74, 6) is 0.965. The molecular formula is C24H30O12. The molecule has 0 bridgehead atoms. The number of phenols is 1. The van der Waals surface area contributed by atoms with Gasteiger partial charge in [-0.1, -0.05) is 0 Å². The van der Waals surface area contributed by atoms with Crippen molar-refractivity contribution in [1.29, 1.82) is 0 Å². The van der Waals surface area contributed by atoms with E-state index in [4.69, 9.17) is 28.4 Å². The van der Waals surface area contributed by atoms with Crippen molar-refractivity contribution in [1.82, 2.24) is 0 Å². The fraction of sp³-hybridized carbons (Fsp3) is 0.500. The smallest absolute Gasteiger partial charge is 0.229 e. The molecule has 2 aliphatic heterocycles. The highest BCUT2D eigenvalue weighted by Gasteiger charge is 2.45. The maximum atomic E-state index is 10.9. The number of aliphatic hydroxyl groups excluding tert-OH is 5. The van der Waals surface area contributed by atoms with Crippen LogP contribution >= 0.6 is 0 Å². The van der Waals surface area contributed by atoms with E-state index in [9.17, 15) is 30.6 Å². The monoisotopic (exact) mass is 510 g/mol. The molecular weight excluding hydrogens is 480 g/mol. The Morgan fingerprint density at radius 3 is 2.08 bits per heavy atom. The first-order valence-electron chi connectivity index (χ1n) is 11.2. The molecule has 1 fully saturated rings. The number of fused-ring (bicyclic) bond motifs is 1. The van der Waals surface area contributed by atoms with Crippen LogP contribution in [0.5, 0.6) is 34.5 Å². The van der Waals surface area contributed by atoms with Gasteiger partial charge in [-0.2, -0.15) is 0 Å². The van der Waals surface area contributed by atoms with Crippen LogP contribution in [0, 0.1) is 0 Å². The van der Waals surface area contributed by atoms with Crippen LogP contribution in [0.15, 0.2) is 24.3 Å². The van der Waals surface area contributed by atoms with E-state index in [-0.39, 0.29) is 29.4 Å². The molecule has 7 unspecified atom stereocenters. The molecule has 0 radical (unpaired) electrons. The summed E-state index contributed by atoms with van der Waals surface area (Å²) in [6.07, 6.45) is -9.09. The molecule has 0 spiro atoms. The SMILES string of the molecule is COc1cc(O)cc2c1CC(O)C(c1cc(OC)c(OC3OC(CO)C(O)C(O)C3O)c(OC)c1)O2. The molecule has 7 atom stereocenters. The van der Waals surface area contributed by atoms with E-state index < -0.39 is 49.5 Å². The predicted molar refractivity (Wildman–Crippen MR) is 122 cm³/mol. The second kappa shape index (κ2) is 10.5. The summed E-state index contributed by atoms with van der Waals surface area (Å²) >= 11 is 0. The van der Waals surface area contributed by atoms with Gasteiger partial charge in [-0.3, -0.25) is 0 Å². The van der Waals surface area contributed by atoms with Crippen molar-refractivity contribution in [3.05, 3.63) is 35.4 Å². The Hall–Kier alpha value is -3.00. The number of benzene rings is 2. The third kappa shape index (κ3) is 4.71. The van der Waals surface area contributed by atoms with Gasteiger partial charge >= 0.3 is 0 Å². The standard InChI is InChI=1S/C24H30O12/c1-31-14-6-11(26)7-15-12(14)8-13(27)22(34-15)10-4-16(32-2)23(17(5-10)33-3)36-24-21(30)20(29)19(28)18(9-25)35-24/h4-7,13,18-22,24-30H,8-9H2,1-3H3. The number of methoxy groups -OCH3 is 3. The topological polar surface area (TPSA) is 177 Å². The Morgan fingerprint density at radius 1 is 0.861 bits per heavy atom. The number of hydrogen-bond donors (Lipinski definition) is 6. The lowest BCUT2D eigenvalue weighted by molar-refractivity contribution is -0.277. The van der Waals surface area contributed by atoms with Gasteiger partial charge < -0.3 is 59.1 Å². The lowest BCUT2D eigenvalue weighted by Crippen LogP contribution is -2.60. The summed E-state index contributed by atoms with van der Waals surface area (Å²) in [4.78, 5) is 0. The first-order chi connectivity index (χ1) is 17.2. The minimum absolute atomic E-state index is 0.0121. The molecule has 0 amide bonds. The van der Waals surface area contributed by atoms with Crippen LogP contribution in [0.4, 0.5) is 0 Å². The van der Waals surface area contributed by atoms with Crippen molar-refractivity contribution in [3.8, 4) is 34.5 Å². The highest BCUT2D eigenvalue weighted by atomic mass is 16.7. The molecule has 0 aromatic heterocycles. The molecule has 2 aromatic rings. The van der Waals surface area contributed by atoms with Gasteiger partial charge in [-0.15, -0.1) is 0 Å². The van der Waals surface area contributed by atoms with Gasteiger partial charge in [-0.25, -0.2) is 0 Å². The van der Waals surface area contributed by atoms with E-state index in [1.807, 2.05) is 0 Å². The number of ether oxygens (including phenoxy) is 6. The van der Waals surface area contributed by atoms with Crippen LogP contribution < -0.4 is 23.7 Å². The molecule has 1 saturated heterocycles. The zero-order chi connectivity index (χ0) is 26.1. The number of aromatic hydroxyl groups is 1. The first kappa shape index (κ1) is 26.1. The molecule has 36 heavy (non-hydrogen) atoms. The molecule has 198 valence electrons. The second-order valence-electron chi connectivity index (χ2n) is 8.50. The fourth-order valence-corrected chi connectivity index (χ4v) is 4.38. The van der Waals surface area contributed by atoms with Gasteiger partial charge in [0.15, 0.2) is 17.6 Å². The predicted octanol–water partition coefficient (Wildman–Crippen LogP) is -0.366. The lowest BCUT2D eigenvalue weighted by atomic mass is 9.93. The third-order valence-electron chi connectivity index (χ3n) is 6.28. The van der Waals surface area contributed by atoms with E-state index in [0.29, 0.717) is 22.6 Å². The summed E-state index contributed by atoms with van der Waals surface area (Å²) in [6.45, 7) is -0.614. The van der Waals surface area contributed by atoms with E-state index in [0.717, 1.165) is 0 Å². The molecule has 0 saturated carbocycles. The van der Waals surface area contributed by atoms with Crippen molar-refractivity contribution in [2.24, 2.45) is 0 Å². The minimum Gasteiger partial charge on any atom is -0.508 e. The zero-order valence-corrected chi connectivity index (χ0v) is 19.9. The molecule has 6 N–H and O–H groups in total. The normalized spacial score (nSPS) is 29.6. The summed E-state index contributed by atoms with van der Waals surface area (Å²) in [5.41, 5.74) is 1.07. The molecule has 2 heterocycles. The summed E-state index contributed by atoms with van der Waals surface area (Å²) < 4.78 is 33.4. The van der Waals surface area contributed by atoms with Crippen LogP contribution in [0.2, 0.25) is 0 Å². The molecule has 12 heteroatoms. The quantitative estimate of drug-likeness (QED) is 0.285. The average Bonchev–Trinajstić information content (AvgIpc) is 2.88. The van der Waals surface area contributed by atoms with Crippen molar-refractivity contribution in [2.75, 3.05) is 27.9 Å². The van der Waals surface area contributed by atoms with E-state index in [1.54, 1.807) is 12.1 Å². The van der Waals surface area contributed by atoms with Crippen LogP contribution in [-0.4, -0.2) is 95.4 Å². The van der Waals surface area contributed by atoms with Gasteiger partial charge in [0.2, 0.25) is 12.0 Å². The van der Waals surface area contributed by atoms with Crippen LogP contribution in [0.25, 0.3) is 0 Å². The fourth-order valence-electron chi connectivity index (χ4n) is 4.38. The van der Waals surface area contributed by atoms with E-state index in [1.165, 1.54) is 33.5 Å². The van der Waals surface area contributed by atoms with Crippen LogP contribution in [0.3, 0.4) is 0 Å². The maximum Gasteiger partial charge on any atom is 0.229 e. The summed E-state index contributed by atoms with van der Waals surface area (Å²) in [7, 11) is 4.20. The van der Waals surface area contributed by atoms with Gasteiger partial charge in [-0.05, 0) is 12.1 Å². The molecule has 2 aliphatic rings.